The molecular formula is C20H21N3S. The van der Waals surface area contributed by atoms with Crippen LogP contribution in [0.5, 0.6) is 0 Å². The molecule has 0 bridgehead atoms. The molecule has 4 heteroatoms. The van der Waals surface area contributed by atoms with Crippen LogP contribution in [0, 0.1) is 0 Å². The maximum Gasteiger partial charge on any atom is 0.0959 e. The first kappa shape index (κ1) is 15.5. The summed E-state index contributed by atoms with van der Waals surface area (Å²) in [5.41, 5.74) is 2.45. The van der Waals surface area contributed by atoms with Gasteiger partial charge in [0.05, 0.1) is 11.0 Å². The lowest BCUT2D eigenvalue weighted by Crippen LogP contribution is -2.21. The molecule has 1 saturated carbocycles. The summed E-state index contributed by atoms with van der Waals surface area (Å²) in [6.07, 6.45) is 9.77. The summed E-state index contributed by atoms with van der Waals surface area (Å²) in [4.78, 5) is 10.2. The molecule has 1 aliphatic carbocycles. The van der Waals surface area contributed by atoms with Gasteiger partial charge in [0.1, 0.15) is 0 Å². The van der Waals surface area contributed by atoms with Crippen molar-refractivity contribution in [1.82, 2.24) is 15.3 Å². The van der Waals surface area contributed by atoms with Crippen LogP contribution in [0.2, 0.25) is 0 Å². The van der Waals surface area contributed by atoms with Crippen molar-refractivity contribution in [2.45, 2.75) is 37.8 Å². The van der Waals surface area contributed by atoms with Gasteiger partial charge in [-0.15, -0.1) is 11.3 Å². The topological polar surface area (TPSA) is 37.8 Å². The Kier molecular flexibility index (Phi) is 4.67. The second-order valence-corrected chi connectivity index (χ2v) is 7.45. The number of benzene rings is 1. The van der Waals surface area contributed by atoms with Crippen molar-refractivity contribution in [3.8, 4) is 0 Å². The zero-order chi connectivity index (χ0) is 16.2. The molecule has 0 saturated heterocycles. The summed E-state index contributed by atoms with van der Waals surface area (Å²) in [6, 6.07) is 14.8. The molecule has 2 heterocycles. The van der Waals surface area contributed by atoms with Crippen molar-refractivity contribution in [2.75, 3.05) is 0 Å². The molecule has 0 amide bonds. The number of nitrogens with zero attached hydrogens (tertiary/aromatic N) is 2. The number of aromatic nitrogens is 2. The molecule has 4 rings (SSSR count). The Balaban J connectivity index is 1.50. The highest BCUT2D eigenvalue weighted by Gasteiger charge is 2.22. The van der Waals surface area contributed by atoms with Gasteiger partial charge >= 0.3 is 0 Å². The van der Waals surface area contributed by atoms with Crippen LogP contribution in [0.15, 0.2) is 61.1 Å². The van der Waals surface area contributed by atoms with Crippen LogP contribution in [0.3, 0.4) is 0 Å². The average molecular weight is 335 g/mol. The van der Waals surface area contributed by atoms with E-state index in [2.05, 4.69) is 51.7 Å². The van der Waals surface area contributed by atoms with E-state index >= 15 is 0 Å². The van der Waals surface area contributed by atoms with Crippen molar-refractivity contribution in [1.29, 1.82) is 0 Å². The van der Waals surface area contributed by atoms with Gasteiger partial charge in [0.15, 0.2) is 0 Å². The summed E-state index contributed by atoms with van der Waals surface area (Å²) in [5.74, 6) is 0.715. The molecule has 0 radical (unpaired) electrons. The molecule has 3 nitrogen and oxygen atoms in total. The normalized spacial score (nSPS) is 15.8. The number of hydrogen-bond donors (Lipinski definition) is 1. The molecule has 1 aliphatic rings. The first-order chi connectivity index (χ1) is 11.9. The molecule has 1 atom stereocenters. The molecule has 1 aromatic carbocycles. The third-order valence-electron chi connectivity index (χ3n) is 4.66. The third kappa shape index (κ3) is 3.40. The van der Waals surface area contributed by atoms with Crippen molar-refractivity contribution in [3.63, 3.8) is 0 Å². The average Bonchev–Trinajstić information content (AvgIpc) is 3.04. The molecule has 122 valence electrons. The lowest BCUT2D eigenvalue weighted by atomic mass is 9.86. The summed E-state index contributed by atoms with van der Waals surface area (Å²) in [7, 11) is 0. The van der Waals surface area contributed by atoms with E-state index in [9.17, 15) is 0 Å². The van der Waals surface area contributed by atoms with E-state index in [4.69, 9.17) is 0 Å². The molecule has 1 fully saturated rings. The first-order valence-electron chi connectivity index (χ1n) is 8.53. The number of rotatable bonds is 6. The van der Waals surface area contributed by atoms with Gasteiger partial charge < -0.3 is 5.32 Å². The Morgan fingerprint density at radius 2 is 1.88 bits per heavy atom. The largest absolute Gasteiger partial charge is 0.301 e. The summed E-state index contributed by atoms with van der Waals surface area (Å²) < 4.78 is 0. The fourth-order valence-corrected chi connectivity index (χ4v) is 4.11. The van der Waals surface area contributed by atoms with E-state index in [1.165, 1.54) is 40.3 Å². The van der Waals surface area contributed by atoms with E-state index in [0.717, 1.165) is 6.54 Å². The molecule has 0 aliphatic heterocycles. The van der Waals surface area contributed by atoms with Crippen LogP contribution in [0.25, 0.3) is 0 Å². The highest BCUT2D eigenvalue weighted by Crippen LogP contribution is 2.38. The van der Waals surface area contributed by atoms with Crippen LogP contribution in [-0.4, -0.2) is 9.97 Å². The van der Waals surface area contributed by atoms with Crippen LogP contribution >= 0.6 is 11.3 Å². The fourth-order valence-electron chi connectivity index (χ4n) is 3.07. The minimum atomic E-state index is 0.147. The van der Waals surface area contributed by atoms with E-state index in [1.807, 2.05) is 36.0 Å². The highest BCUT2D eigenvalue weighted by atomic mass is 32.1. The Hall–Kier alpha value is -2.04. The number of nitrogens with one attached hydrogen (secondary N) is 1. The quantitative estimate of drug-likeness (QED) is 0.710. The van der Waals surface area contributed by atoms with E-state index in [-0.39, 0.29) is 6.04 Å². The van der Waals surface area contributed by atoms with E-state index in [0.29, 0.717) is 5.92 Å². The van der Waals surface area contributed by atoms with Crippen LogP contribution < -0.4 is 5.32 Å². The van der Waals surface area contributed by atoms with Gasteiger partial charge in [0, 0.05) is 35.9 Å². The predicted molar refractivity (Wildman–Crippen MR) is 98.1 cm³/mol. The van der Waals surface area contributed by atoms with Crippen molar-refractivity contribution in [2.24, 2.45) is 0 Å². The lowest BCUT2D eigenvalue weighted by molar-refractivity contribution is 0.418. The van der Waals surface area contributed by atoms with Crippen LogP contribution in [-0.2, 0) is 6.54 Å². The Morgan fingerprint density at radius 1 is 1.04 bits per heavy atom. The second-order valence-electron chi connectivity index (χ2n) is 6.30. The zero-order valence-corrected chi connectivity index (χ0v) is 14.4. The van der Waals surface area contributed by atoms with Gasteiger partial charge in [-0.25, -0.2) is 4.98 Å². The van der Waals surface area contributed by atoms with Gasteiger partial charge in [-0.1, -0.05) is 42.8 Å². The maximum absolute atomic E-state index is 4.63. The number of thiazole rings is 1. The molecule has 0 spiro atoms. The molecular weight excluding hydrogens is 314 g/mol. The lowest BCUT2D eigenvalue weighted by Gasteiger charge is -2.22. The summed E-state index contributed by atoms with van der Waals surface area (Å²) in [5, 5.41) is 5.00. The van der Waals surface area contributed by atoms with Gasteiger partial charge in [-0.2, -0.15) is 0 Å². The standard InChI is InChI=1S/C20H21N3S/c1-2-6-15(7-3-1)19(17-10-5-11-21-12-17)22-13-18-14-23-20(24-18)16-8-4-9-16/h1-3,5-7,10-12,14,16,19,22H,4,8-9,13H2/t19-/m0/s1. The summed E-state index contributed by atoms with van der Waals surface area (Å²) >= 11 is 1.86. The third-order valence-corrected chi connectivity index (χ3v) is 5.82. The number of hydrogen-bond acceptors (Lipinski definition) is 4. The van der Waals surface area contributed by atoms with Crippen molar-refractivity contribution >= 4 is 11.3 Å². The highest BCUT2D eigenvalue weighted by molar-refractivity contribution is 7.11. The molecule has 2 aromatic heterocycles. The van der Waals surface area contributed by atoms with Gasteiger partial charge in [-0.3, -0.25) is 4.98 Å². The van der Waals surface area contributed by atoms with E-state index in [1.54, 1.807) is 0 Å². The maximum atomic E-state index is 4.63. The summed E-state index contributed by atoms with van der Waals surface area (Å²) in [6.45, 7) is 0.832. The van der Waals surface area contributed by atoms with Crippen LogP contribution in [0.4, 0.5) is 0 Å². The smallest absolute Gasteiger partial charge is 0.0959 e. The SMILES string of the molecule is c1ccc([C@H](NCc2cnc(C3CCC3)s2)c2cccnc2)cc1. The Morgan fingerprint density at radius 3 is 2.58 bits per heavy atom. The van der Waals surface area contributed by atoms with E-state index < -0.39 is 0 Å². The Labute approximate surface area is 146 Å². The molecule has 0 unspecified atom stereocenters. The van der Waals surface area contributed by atoms with Gasteiger partial charge in [-0.05, 0) is 30.0 Å². The minimum Gasteiger partial charge on any atom is -0.301 e. The fraction of sp³-hybridized carbons (Fsp3) is 0.300. The van der Waals surface area contributed by atoms with Gasteiger partial charge in [0.25, 0.3) is 0 Å². The Bertz CT molecular complexity index is 726. The molecule has 1 N–H and O–H groups in total. The number of pyridine rings is 1. The zero-order valence-electron chi connectivity index (χ0n) is 13.6. The van der Waals surface area contributed by atoms with Crippen molar-refractivity contribution < 1.29 is 0 Å². The van der Waals surface area contributed by atoms with Crippen LogP contribution in [0.1, 0.15) is 52.2 Å². The minimum absolute atomic E-state index is 0.147. The molecule has 3 aromatic rings. The first-order valence-corrected chi connectivity index (χ1v) is 9.34. The van der Waals surface area contributed by atoms with Crippen molar-refractivity contribution in [3.05, 3.63) is 82.1 Å². The van der Waals surface area contributed by atoms with Gasteiger partial charge in [0.2, 0.25) is 0 Å². The molecule has 24 heavy (non-hydrogen) atoms. The monoisotopic (exact) mass is 335 g/mol. The predicted octanol–water partition coefficient (Wildman–Crippen LogP) is 4.68. The second kappa shape index (κ2) is 7.24.